The summed E-state index contributed by atoms with van der Waals surface area (Å²) < 4.78 is 0. The van der Waals surface area contributed by atoms with Crippen LogP contribution in [0.25, 0.3) is 0 Å². The molecule has 0 aliphatic rings. The van der Waals surface area contributed by atoms with Crippen LogP contribution < -0.4 is 0 Å². The molecule has 0 atom stereocenters. The van der Waals surface area contributed by atoms with Crippen molar-refractivity contribution in [3.8, 4) is 0 Å². The topological polar surface area (TPSA) is 40.9 Å². The molecule has 0 aliphatic carbocycles. The Morgan fingerprint density at radius 1 is 0.750 bits per heavy atom. The van der Waals surface area contributed by atoms with Gasteiger partial charge in [-0.1, -0.05) is 104 Å². The quantitative estimate of drug-likeness (QED) is 0.230. The van der Waals surface area contributed by atoms with Crippen LogP contribution in [0.1, 0.15) is 104 Å². The number of isocyanates is 1. The van der Waals surface area contributed by atoms with Crippen molar-refractivity contribution in [1.82, 2.24) is 0 Å². The highest BCUT2D eigenvalue weighted by molar-refractivity contribution is 5.26. The maximum atomic E-state index is 8.35. The van der Waals surface area contributed by atoms with Crippen molar-refractivity contribution in [1.29, 1.82) is 5.41 Å². The molecule has 0 radical (unpaired) electrons. The molecule has 0 aromatic heterocycles. The van der Waals surface area contributed by atoms with Gasteiger partial charge in [-0.2, -0.15) is 0 Å². The number of rotatable bonds is 13. The van der Waals surface area contributed by atoms with Gasteiger partial charge in [-0.15, -0.1) is 0 Å². The number of nitrogens with one attached hydrogen (secondary N) is 1. The second kappa shape index (κ2) is 20.7. The Labute approximate surface area is 127 Å². The SMILES string of the molecule is CCCCCCCCCCCCCCC(C)C.N=C=O. The van der Waals surface area contributed by atoms with Crippen molar-refractivity contribution in [2.75, 3.05) is 0 Å². The molecule has 0 aromatic carbocycles. The lowest BCUT2D eigenvalue weighted by Crippen LogP contribution is -1.87. The van der Waals surface area contributed by atoms with E-state index in [1.54, 1.807) is 0 Å². The maximum Gasteiger partial charge on any atom is 0.231 e. The molecular weight excluding hydrogens is 246 g/mol. The summed E-state index contributed by atoms with van der Waals surface area (Å²) in [5, 5.41) is 5.40. The molecule has 20 heavy (non-hydrogen) atoms. The average molecular weight is 284 g/mol. The van der Waals surface area contributed by atoms with Crippen LogP contribution in [0.2, 0.25) is 0 Å². The molecule has 0 bridgehead atoms. The maximum absolute atomic E-state index is 8.35. The first-order valence-electron chi connectivity index (χ1n) is 8.72. The zero-order valence-electron chi connectivity index (χ0n) is 14.2. The van der Waals surface area contributed by atoms with Crippen LogP contribution in [0, 0.1) is 11.3 Å². The molecule has 1 N–H and O–H groups in total. The van der Waals surface area contributed by atoms with Crippen molar-refractivity contribution in [2.45, 2.75) is 104 Å². The van der Waals surface area contributed by atoms with Gasteiger partial charge in [0.15, 0.2) is 0 Å². The molecule has 0 saturated heterocycles. The first kappa shape index (κ1) is 21.7. The first-order valence-corrected chi connectivity index (χ1v) is 8.72. The largest absolute Gasteiger partial charge is 0.231 e. The van der Waals surface area contributed by atoms with Gasteiger partial charge in [-0.05, 0) is 5.92 Å². The molecule has 120 valence electrons. The fourth-order valence-corrected chi connectivity index (χ4v) is 2.39. The van der Waals surface area contributed by atoms with E-state index < -0.39 is 0 Å². The molecule has 0 saturated carbocycles. The minimum atomic E-state index is 0.750. The van der Waals surface area contributed by atoms with Crippen LogP contribution in [0.5, 0.6) is 0 Å². The molecule has 2 heteroatoms. The van der Waals surface area contributed by atoms with Gasteiger partial charge in [0.1, 0.15) is 0 Å². The summed E-state index contributed by atoms with van der Waals surface area (Å²) in [4.78, 5) is 8.35. The Kier molecular flexibility index (Phi) is 22.4. The molecule has 0 heterocycles. The zero-order chi connectivity index (χ0) is 15.5. The van der Waals surface area contributed by atoms with Crippen LogP contribution in [0.3, 0.4) is 0 Å². The zero-order valence-corrected chi connectivity index (χ0v) is 14.2. The Bertz CT molecular complexity index is 196. The number of unbranched alkanes of at least 4 members (excludes halogenated alkanes) is 11. The van der Waals surface area contributed by atoms with E-state index >= 15 is 0 Å². The van der Waals surface area contributed by atoms with Gasteiger partial charge in [0, 0.05) is 0 Å². The van der Waals surface area contributed by atoms with Crippen LogP contribution in [0.4, 0.5) is 0 Å². The van der Waals surface area contributed by atoms with Gasteiger partial charge in [-0.3, -0.25) is 0 Å². The van der Waals surface area contributed by atoms with Gasteiger partial charge in [0.05, 0.1) is 0 Å². The van der Waals surface area contributed by atoms with Crippen molar-refractivity contribution in [3.63, 3.8) is 0 Å². The van der Waals surface area contributed by atoms with E-state index in [2.05, 4.69) is 20.8 Å². The van der Waals surface area contributed by atoms with Gasteiger partial charge in [0.25, 0.3) is 0 Å². The predicted octanol–water partition coefficient (Wildman–Crippen LogP) is 6.63. The first-order chi connectivity index (χ1) is 9.68. The second-order valence-electron chi connectivity index (χ2n) is 6.17. The third-order valence-corrected chi connectivity index (χ3v) is 3.64. The van der Waals surface area contributed by atoms with Gasteiger partial charge in [-0.25, -0.2) is 10.2 Å². The smallest absolute Gasteiger partial charge is 0.222 e. The third-order valence-electron chi connectivity index (χ3n) is 3.64. The lowest BCUT2D eigenvalue weighted by Gasteiger charge is -2.04. The molecule has 0 unspecified atom stereocenters. The van der Waals surface area contributed by atoms with Gasteiger partial charge >= 0.3 is 0 Å². The molecule has 0 aliphatic heterocycles. The molecule has 0 spiro atoms. The van der Waals surface area contributed by atoms with Crippen LogP contribution in [-0.4, -0.2) is 6.08 Å². The molecule has 0 fully saturated rings. The van der Waals surface area contributed by atoms with E-state index in [9.17, 15) is 0 Å². The Morgan fingerprint density at radius 3 is 1.35 bits per heavy atom. The lowest BCUT2D eigenvalue weighted by atomic mass is 10.0. The summed E-state index contributed by atoms with van der Waals surface area (Å²) in [6.07, 6.45) is 19.7. The van der Waals surface area contributed by atoms with E-state index in [-0.39, 0.29) is 0 Å². The molecule has 0 amide bonds. The summed E-state index contributed by atoms with van der Waals surface area (Å²) in [5.74, 6) is 0.901. The monoisotopic (exact) mass is 283 g/mol. The molecule has 0 aromatic rings. The third kappa shape index (κ3) is 26.0. The van der Waals surface area contributed by atoms with Crippen molar-refractivity contribution < 1.29 is 4.79 Å². The number of hydrogen-bond acceptors (Lipinski definition) is 2. The minimum Gasteiger partial charge on any atom is -0.222 e. The highest BCUT2D eigenvalue weighted by atomic mass is 16.1. The van der Waals surface area contributed by atoms with E-state index in [0.29, 0.717) is 0 Å². The normalized spacial score (nSPS) is 10.0. The lowest BCUT2D eigenvalue weighted by molar-refractivity contribution is 0.503. The highest BCUT2D eigenvalue weighted by Gasteiger charge is 1.95. The van der Waals surface area contributed by atoms with Gasteiger partial charge < -0.3 is 0 Å². The number of carbonyl (C=O) groups excluding carboxylic acids is 1. The van der Waals surface area contributed by atoms with E-state index in [0.717, 1.165) is 12.0 Å². The summed E-state index contributed by atoms with van der Waals surface area (Å²) in [5.41, 5.74) is 0. The predicted molar refractivity (Wildman–Crippen MR) is 88.9 cm³/mol. The molecule has 0 rings (SSSR count). The van der Waals surface area contributed by atoms with Crippen molar-refractivity contribution >= 4 is 6.08 Å². The fourth-order valence-electron chi connectivity index (χ4n) is 2.39. The minimum absolute atomic E-state index is 0.750. The van der Waals surface area contributed by atoms with E-state index in [1.807, 2.05) is 0 Å². The Balaban J connectivity index is 0. The van der Waals surface area contributed by atoms with E-state index in [4.69, 9.17) is 10.2 Å². The van der Waals surface area contributed by atoms with Crippen LogP contribution in [-0.2, 0) is 4.79 Å². The van der Waals surface area contributed by atoms with Crippen LogP contribution >= 0.6 is 0 Å². The summed E-state index contributed by atoms with van der Waals surface area (Å²) >= 11 is 0. The second-order valence-corrected chi connectivity index (χ2v) is 6.17. The van der Waals surface area contributed by atoms with E-state index in [1.165, 1.54) is 83.5 Å². The molecular formula is C18H37NO. The summed E-state index contributed by atoms with van der Waals surface area (Å²) in [6.45, 7) is 6.95. The highest BCUT2D eigenvalue weighted by Crippen LogP contribution is 2.13. The molecule has 2 nitrogen and oxygen atoms in total. The fraction of sp³-hybridized carbons (Fsp3) is 0.944. The Morgan fingerprint density at radius 2 is 1.05 bits per heavy atom. The average Bonchev–Trinajstić information content (AvgIpc) is 2.40. The Hall–Kier alpha value is -0.620. The summed E-state index contributed by atoms with van der Waals surface area (Å²) in [6, 6.07) is 0. The summed E-state index contributed by atoms with van der Waals surface area (Å²) in [7, 11) is 0. The van der Waals surface area contributed by atoms with Crippen molar-refractivity contribution in [2.24, 2.45) is 5.92 Å². The standard InChI is InChI=1S/C17H36.CHNO/c1-4-5-6-7-8-9-10-11-12-13-14-15-16-17(2)3;2-1-3/h17H,4-16H2,1-3H3;2H. The van der Waals surface area contributed by atoms with Gasteiger partial charge in [0.2, 0.25) is 6.08 Å². The van der Waals surface area contributed by atoms with Crippen LogP contribution in [0.15, 0.2) is 0 Å². The number of hydrogen-bond donors (Lipinski definition) is 1. The van der Waals surface area contributed by atoms with Crippen molar-refractivity contribution in [3.05, 3.63) is 0 Å².